The molecule has 0 bridgehead atoms. The fraction of sp³-hybridized carbons (Fsp3) is 0.450. The van der Waals surface area contributed by atoms with Crippen molar-refractivity contribution in [2.75, 3.05) is 57.9 Å². The van der Waals surface area contributed by atoms with E-state index in [0.29, 0.717) is 55.8 Å². The van der Waals surface area contributed by atoms with Crippen LogP contribution in [0, 0.1) is 0 Å². The predicted octanol–water partition coefficient (Wildman–Crippen LogP) is 4.39. The number of carbonyl (C=O) groups is 2. The Morgan fingerprint density at radius 2 is 1.78 bits per heavy atom. The summed E-state index contributed by atoms with van der Waals surface area (Å²) in [5, 5.41) is 24.3. The summed E-state index contributed by atoms with van der Waals surface area (Å²) in [6, 6.07) is 24.5. The van der Waals surface area contributed by atoms with Crippen LogP contribution < -0.4 is 10.1 Å². The van der Waals surface area contributed by atoms with Gasteiger partial charge in [-0.2, -0.15) is 0 Å². The molecule has 2 saturated heterocycles. The third-order valence-corrected chi connectivity index (χ3v) is 10.8. The molecule has 0 radical (unpaired) electrons. The van der Waals surface area contributed by atoms with Crippen molar-refractivity contribution in [3.05, 3.63) is 90.3 Å². The number of rotatable bonds is 17. The number of anilines is 1. The molecule has 1 atom stereocenters. The molecule has 3 aromatic carbocycles. The number of nitrogens with one attached hydrogen (secondary N) is 1. The summed E-state index contributed by atoms with van der Waals surface area (Å²) in [6.07, 6.45) is 5.61. The fourth-order valence-electron chi connectivity index (χ4n) is 7.80. The summed E-state index contributed by atoms with van der Waals surface area (Å²) in [7, 11) is 0. The van der Waals surface area contributed by atoms with Gasteiger partial charge in [0.1, 0.15) is 12.1 Å². The van der Waals surface area contributed by atoms with Gasteiger partial charge in [-0.25, -0.2) is 9.67 Å². The number of piperidine rings is 1. The minimum absolute atomic E-state index is 0. The number of hydrogen-bond donors (Lipinski definition) is 2. The van der Waals surface area contributed by atoms with Gasteiger partial charge in [-0.1, -0.05) is 42.5 Å². The van der Waals surface area contributed by atoms with Crippen LogP contribution in [0.25, 0.3) is 16.7 Å². The van der Waals surface area contributed by atoms with Crippen molar-refractivity contribution in [3.63, 3.8) is 0 Å². The average molecular weight is 744 g/mol. The standard InChI is InChI=1S/C40H49N9O5.Li.H/c1-2-53-26-24-48-35-12-7-6-11-34(35)43-39(48)42-31-16-20-46(21-17-31)22-18-40(30-9-4-3-5-10-30)19-23-47(28-40)38(52)33-27-32(49-29-41-44-45-49)14-15-36(33)54-25-8-13-37(50)51;;/h3-7,9-12,14-15,27,29,31H,2,8,13,16-26,28H2,1H3,(H,42,43)(H,50,51);;. The van der Waals surface area contributed by atoms with Crippen LogP contribution in [0.5, 0.6) is 5.75 Å². The Morgan fingerprint density at radius 3 is 2.55 bits per heavy atom. The van der Waals surface area contributed by atoms with Crippen LogP contribution in [0.3, 0.4) is 0 Å². The van der Waals surface area contributed by atoms with Crippen LogP contribution in [0.4, 0.5) is 5.95 Å². The van der Waals surface area contributed by atoms with Crippen molar-refractivity contribution in [1.29, 1.82) is 0 Å². The van der Waals surface area contributed by atoms with Crippen molar-refractivity contribution in [2.45, 2.75) is 63.5 Å². The van der Waals surface area contributed by atoms with E-state index in [4.69, 9.17) is 19.6 Å². The average Bonchev–Trinajstić information content (AvgIpc) is 3.97. The van der Waals surface area contributed by atoms with Gasteiger partial charge >= 0.3 is 24.8 Å². The Balaban J connectivity index is 0.00000514. The second-order valence-corrected chi connectivity index (χ2v) is 14.2. The zero-order valence-corrected chi connectivity index (χ0v) is 30.8. The molecule has 1 unspecified atom stereocenters. The van der Waals surface area contributed by atoms with E-state index in [1.54, 1.807) is 18.2 Å². The molecular weight excluding hydrogens is 693 g/mol. The molecule has 2 aliphatic rings. The van der Waals surface area contributed by atoms with E-state index < -0.39 is 5.97 Å². The molecule has 55 heavy (non-hydrogen) atoms. The monoisotopic (exact) mass is 743 g/mol. The molecule has 2 N–H and O–H groups in total. The van der Waals surface area contributed by atoms with Gasteiger partial charge in [-0.05, 0) is 91.9 Å². The van der Waals surface area contributed by atoms with Crippen LogP contribution in [0.1, 0.15) is 61.4 Å². The maximum atomic E-state index is 14.4. The van der Waals surface area contributed by atoms with Gasteiger partial charge in [0.15, 0.2) is 0 Å². The number of aromatic nitrogens is 6. The van der Waals surface area contributed by atoms with Gasteiger partial charge in [0, 0.05) is 57.2 Å². The molecule has 0 aliphatic carbocycles. The summed E-state index contributed by atoms with van der Waals surface area (Å²) < 4.78 is 15.4. The van der Waals surface area contributed by atoms with Crippen molar-refractivity contribution in [1.82, 2.24) is 39.6 Å². The van der Waals surface area contributed by atoms with Crippen LogP contribution in [-0.4, -0.2) is 134 Å². The second-order valence-electron chi connectivity index (χ2n) is 14.2. The Labute approximate surface area is 333 Å². The quantitative estimate of drug-likeness (QED) is 0.103. The number of carboxylic acid groups (broad SMARTS) is 1. The van der Waals surface area contributed by atoms with Crippen LogP contribution in [0.2, 0.25) is 0 Å². The molecule has 2 aliphatic heterocycles. The van der Waals surface area contributed by atoms with E-state index in [1.165, 1.54) is 16.6 Å². The van der Waals surface area contributed by atoms with Gasteiger partial charge in [0.05, 0.1) is 35.5 Å². The Hall–Kier alpha value is -4.74. The fourth-order valence-corrected chi connectivity index (χ4v) is 7.80. The van der Waals surface area contributed by atoms with Gasteiger partial charge in [-0.15, -0.1) is 5.10 Å². The van der Waals surface area contributed by atoms with Gasteiger partial charge < -0.3 is 34.3 Å². The number of likely N-dealkylation sites (tertiary alicyclic amines) is 2. The van der Waals surface area contributed by atoms with E-state index in [9.17, 15) is 9.59 Å². The summed E-state index contributed by atoms with van der Waals surface area (Å²) in [6.45, 7) is 8.39. The number of carbonyl (C=O) groups excluding carboxylic acids is 1. The number of nitrogens with zero attached hydrogens (tertiary/aromatic N) is 8. The number of tetrazole rings is 1. The first-order chi connectivity index (χ1) is 26.4. The van der Waals surface area contributed by atoms with Gasteiger partial charge in [0.25, 0.3) is 5.91 Å². The first-order valence-electron chi connectivity index (χ1n) is 19.0. The van der Waals surface area contributed by atoms with Crippen LogP contribution >= 0.6 is 0 Å². The number of hydrogen-bond acceptors (Lipinski definition) is 10. The minimum atomic E-state index is -0.884. The molecular formula is C40H50LiN9O5. The van der Waals surface area contributed by atoms with Gasteiger partial charge in [0.2, 0.25) is 5.95 Å². The number of aliphatic carboxylic acids is 1. The SMILES string of the molecule is CCOCCn1c(NC2CCN(CCC3(c4ccccc4)CCN(C(=O)c4cc(-n5cnnn5)ccc4OCCCC(=O)O)C3)CC2)nc2ccccc21.[LiH]. The topological polar surface area (TPSA) is 153 Å². The number of fused-ring (bicyclic) bond motifs is 1. The van der Waals surface area contributed by atoms with Crippen LogP contribution in [0.15, 0.2) is 79.1 Å². The third-order valence-electron chi connectivity index (χ3n) is 10.8. The predicted molar refractivity (Wildman–Crippen MR) is 211 cm³/mol. The molecule has 5 aromatic rings. The van der Waals surface area contributed by atoms with E-state index in [-0.39, 0.29) is 43.2 Å². The molecule has 2 fully saturated rings. The molecule has 7 rings (SSSR count). The van der Waals surface area contributed by atoms with Crippen molar-refractivity contribution < 1.29 is 24.2 Å². The Bertz CT molecular complexity index is 2000. The number of imidazole rings is 1. The molecule has 15 heteroatoms. The molecule has 0 spiro atoms. The molecule has 4 heterocycles. The van der Waals surface area contributed by atoms with Crippen molar-refractivity contribution in [2.24, 2.45) is 0 Å². The van der Waals surface area contributed by atoms with Gasteiger partial charge in [-0.3, -0.25) is 9.59 Å². The summed E-state index contributed by atoms with van der Waals surface area (Å²) in [5.41, 5.74) is 4.19. The molecule has 0 saturated carbocycles. The molecule has 286 valence electrons. The Kier molecular flexibility index (Phi) is 13.6. The number of para-hydroxylation sites is 2. The van der Waals surface area contributed by atoms with E-state index >= 15 is 0 Å². The van der Waals surface area contributed by atoms with E-state index in [2.05, 4.69) is 72.8 Å². The summed E-state index contributed by atoms with van der Waals surface area (Å²) in [5.74, 6) is 0.311. The second kappa shape index (κ2) is 18.7. The van der Waals surface area contributed by atoms with Crippen LogP contribution in [-0.2, 0) is 21.5 Å². The number of carboxylic acids is 1. The molecule has 2 aromatic heterocycles. The van der Waals surface area contributed by atoms with E-state index in [0.717, 1.165) is 68.8 Å². The van der Waals surface area contributed by atoms with Crippen molar-refractivity contribution in [3.8, 4) is 11.4 Å². The summed E-state index contributed by atoms with van der Waals surface area (Å²) >= 11 is 0. The van der Waals surface area contributed by atoms with E-state index in [1.807, 2.05) is 24.0 Å². The van der Waals surface area contributed by atoms with Crippen molar-refractivity contribution >= 4 is 47.7 Å². The molecule has 1 amide bonds. The number of amides is 1. The zero-order chi connectivity index (χ0) is 37.3. The Morgan fingerprint density at radius 1 is 0.982 bits per heavy atom. The maximum absolute atomic E-state index is 14.4. The number of ether oxygens (including phenoxy) is 2. The number of benzene rings is 3. The normalized spacial score (nSPS) is 17.7. The summed E-state index contributed by atoms with van der Waals surface area (Å²) in [4.78, 5) is 34.9. The third kappa shape index (κ3) is 9.56. The first-order valence-corrected chi connectivity index (χ1v) is 19.0. The zero-order valence-electron chi connectivity index (χ0n) is 30.8. The molecule has 14 nitrogen and oxygen atoms in total. The first kappa shape index (κ1) is 39.9.